The van der Waals surface area contributed by atoms with Gasteiger partial charge in [0.05, 0.1) is 18.0 Å². The number of carboxylic acids is 1. The number of carbonyl (C=O) groups excluding carboxylic acids is 2. The summed E-state index contributed by atoms with van der Waals surface area (Å²) in [6, 6.07) is 1.99. The van der Waals surface area contributed by atoms with E-state index in [1.165, 1.54) is 23.3 Å². The highest BCUT2D eigenvalue weighted by atomic mass is 32.1. The second kappa shape index (κ2) is 6.86. The van der Waals surface area contributed by atoms with Crippen LogP contribution in [-0.2, 0) is 9.59 Å². The molecule has 0 aromatic carbocycles. The van der Waals surface area contributed by atoms with Gasteiger partial charge in [0, 0.05) is 7.05 Å². The van der Waals surface area contributed by atoms with E-state index in [0.717, 1.165) is 0 Å². The number of carboxylic acid groups (broad SMARTS) is 1. The molecular formula is C11H14N2O5S. The number of nitrogens with zero attached hydrogens (tertiary/aromatic N) is 1. The van der Waals surface area contributed by atoms with Crippen molar-refractivity contribution in [2.24, 2.45) is 0 Å². The topological polar surface area (TPSA) is 107 Å². The smallest absolute Gasteiger partial charge is 0.328 e. The second-order valence-electron chi connectivity index (χ2n) is 3.78. The minimum atomic E-state index is -1.36. The van der Waals surface area contributed by atoms with E-state index in [4.69, 9.17) is 10.2 Å². The maximum Gasteiger partial charge on any atom is 0.328 e. The van der Waals surface area contributed by atoms with Crippen LogP contribution in [0.2, 0.25) is 0 Å². The Morgan fingerprint density at radius 2 is 2.16 bits per heavy atom. The van der Waals surface area contributed by atoms with Gasteiger partial charge < -0.3 is 20.4 Å². The molecule has 3 N–H and O–H groups in total. The Morgan fingerprint density at radius 3 is 2.63 bits per heavy atom. The summed E-state index contributed by atoms with van der Waals surface area (Å²) in [6.07, 6.45) is 0. The minimum absolute atomic E-state index is 0.277. The van der Waals surface area contributed by atoms with Crippen molar-refractivity contribution >= 4 is 29.1 Å². The van der Waals surface area contributed by atoms with Gasteiger partial charge in [-0.05, 0) is 11.4 Å². The Balaban J connectivity index is 2.52. The SMILES string of the molecule is CN(CC(=O)N[C@@H](CO)C(=O)O)C(=O)c1cccs1. The molecule has 0 bridgehead atoms. The lowest BCUT2D eigenvalue weighted by Crippen LogP contribution is -2.47. The molecule has 0 fully saturated rings. The lowest BCUT2D eigenvalue weighted by atomic mass is 10.3. The standard InChI is InChI=1S/C11H14N2O5S/c1-13(10(16)8-3-2-4-19-8)5-9(15)12-7(6-14)11(17)18/h2-4,7,14H,5-6H2,1H3,(H,12,15)(H,17,18)/t7-/m0/s1. The van der Waals surface area contributed by atoms with E-state index < -0.39 is 24.5 Å². The van der Waals surface area contributed by atoms with E-state index in [1.54, 1.807) is 17.5 Å². The Hall–Kier alpha value is -1.93. The highest BCUT2D eigenvalue weighted by Gasteiger charge is 2.21. The normalized spacial score (nSPS) is 11.7. The fourth-order valence-electron chi connectivity index (χ4n) is 1.30. The molecule has 0 aliphatic carbocycles. The van der Waals surface area contributed by atoms with Crippen LogP contribution < -0.4 is 5.32 Å². The van der Waals surface area contributed by atoms with Crippen LogP contribution in [0.3, 0.4) is 0 Å². The van der Waals surface area contributed by atoms with Crippen molar-refractivity contribution in [3.8, 4) is 0 Å². The number of nitrogens with one attached hydrogen (secondary N) is 1. The molecule has 7 nitrogen and oxygen atoms in total. The first-order valence-corrected chi connectivity index (χ1v) is 6.25. The molecule has 19 heavy (non-hydrogen) atoms. The maximum atomic E-state index is 11.8. The minimum Gasteiger partial charge on any atom is -0.480 e. The zero-order valence-corrected chi connectivity index (χ0v) is 11.0. The van der Waals surface area contributed by atoms with Crippen molar-refractivity contribution in [3.63, 3.8) is 0 Å². The fraction of sp³-hybridized carbons (Fsp3) is 0.364. The average Bonchev–Trinajstić information content (AvgIpc) is 2.88. The van der Waals surface area contributed by atoms with Crippen LogP contribution in [0, 0.1) is 0 Å². The van der Waals surface area contributed by atoms with E-state index in [-0.39, 0.29) is 12.5 Å². The van der Waals surface area contributed by atoms with E-state index >= 15 is 0 Å². The third kappa shape index (κ3) is 4.34. The molecule has 0 saturated carbocycles. The Morgan fingerprint density at radius 1 is 1.47 bits per heavy atom. The molecule has 0 unspecified atom stereocenters. The van der Waals surface area contributed by atoms with Crippen LogP contribution in [0.5, 0.6) is 0 Å². The number of aliphatic hydroxyl groups excluding tert-OH is 1. The monoisotopic (exact) mass is 286 g/mol. The first kappa shape index (κ1) is 15.1. The van der Waals surface area contributed by atoms with Gasteiger partial charge in [-0.2, -0.15) is 0 Å². The molecule has 1 atom stereocenters. The largest absolute Gasteiger partial charge is 0.480 e. The summed E-state index contributed by atoms with van der Waals surface area (Å²) >= 11 is 1.25. The predicted molar refractivity (Wildman–Crippen MR) is 67.9 cm³/mol. The number of hydrogen-bond donors (Lipinski definition) is 3. The number of rotatable bonds is 6. The molecule has 0 aliphatic heterocycles. The van der Waals surface area contributed by atoms with Crippen molar-refractivity contribution in [1.82, 2.24) is 10.2 Å². The first-order valence-electron chi connectivity index (χ1n) is 5.37. The quantitative estimate of drug-likeness (QED) is 0.646. The van der Waals surface area contributed by atoms with Gasteiger partial charge in [-0.25, -0.2) is 4.79 Å². The van der Waals surface area contributed by atoms with Crippen molar-refractivity contribution in [3.05, 3.63) is 22.4 Å². The molecule has 0 spiro atoms. The molecule has 1 aromatic rings. The summed E-state index contributed by atoms with van der Waals surface area (Å²) in [5.74, 6) is -2.29. The fourth-order valence-corrected chi connectivity index (χ4v) is 2.02. The lowest BCUT2D eigenvalue weighted by Gasteiger charge is -2.17. The molecular weight excluding hydrogens is 272 g/mol. The summed E-state index contributed by atoms with van der Waals surface area (Å²) < 4.78 is 0. The van der Waals surface area contributed by atoms with Crippen LogP contribution in [0.15, 0.2) is 17.5 Å². The van der Waals surface area contributed by atoms with E-state index in [1.807, 2.05) is 0 Å². The Bertz CT molecular complexity index is 460. The average molecular weight is 286 g/mol. The van der Waals surface area contributed by atoms with Crippen molar-refractivity contribution in [1.29, 1.82) is 0 Å². The van der Waals surface area contributed by atoms with Crippen LogP contribution in [0.1, 0.15) is 9.67 Å². The molecule has 1 heterocycles. The van der Waals surface area contributed by atoms with Gasteiger partial charge in [0.15, 0.2) is 0 Å². The highest BCUT2D eigenvalue weighted by molar-refractivity contribution is 7.12. The predicted octanol–water partition coefficient (Wildman–Crippen LogP) is -0.618. The Kier molecular flexibility index (Phi) is 5.46. The van der Waals surface area contributed by atoms with Gasteiger partial charge in [-0.15, -0.1) is 11.3 Å². The summed E-state index contributed by atoms with van der Waals surface area (Å²) in [5, 5.41) is 21.3. The summed E-state index contributed by atoms with van der Waals surface area (Å²) in [4.78, 5) is 35.6. The molecule has 0 saturated heterocycles. The zero-order valence-electron chi connectivity index (χ0n) is 10.2. The van der Waals surface area contributed by atoms with Crippen molar-refractivity contribution in [2.45, 2.75) is 6.04 Å². The number of amides is 2. The summed E-state index contributed by atoms with van der Waals surface area (Å²) in [6.45, 7) is -0.982. The van der Waals surface area contributed by atoms with Crippen LogP contribution in [0.4, 0.5) is 0 Å². The lowest BCUT2D eigenvalue weighted by molar-refractivity contribution is -0.143. The zero-order chi connectivity index (χ0) is 14.4. The number of thiophene rings is 1. The van der Waals surface area contributed by atoms with Gasteiger partial charge in [-0.1, -0.05) is 6.07 Å². The summed E-state index contributed by atoms with van der Waals surface area (Å²) in [7, 11) is 1.44. The number of aliphatic hydroxyl groups is 1. The van der Waals surface area contributed by atoms with Gasteiger partial charge in [0.2, 0.25) is 5.91 Å². The number of aliphatic carboxylic acids is 1. The van der Waals surface area contributed by atoms with Crippen molar-refractivity contribution in [2.75, 3.05) is 20.2 Å². The Labute approximate surface area is 113 Å². The van der Waals surface area contributed by atoms with Crippen LogP contribution in [0.25, 0.3) is 0 Å². The van der Waals surface area contributed by atoms with Crippen LogP contribution in [-0.4, -0.2) is 59.1 Å². The molecule has 0 radical (unpaired) electrons. The molecule has 1 rings (SSSR count). The van der Waals surface area contributed by atoms with Crippen LogP contribution >= 0.6 is 11.3 Å². The first-order chi connectivity index (χ1) is 8.95. The van der Waals surface area contributed by atoms with E-state index in [0.29, 0.717) is 4.88 Å². The van der Waals surface area contributed by atoms with Crippen molar-refractivity contribution < 1.29 is 24.6 Å². The van der Waals surface area contributed by atoms with Gasteiger partial charge >= 0.3 is 5.97 Å². The molecule has 104 valence electrons. The third-order valence-corrected chi connectivity index (χ3v) is 3.13. The molecule has 1 aromatic heterocycles. The van der Waals surface area contributed by atoms with E-state index in [2.05, 4.69) is 5.32 Å². The number of likely N-dealkylation sites (N-methyl/N-ethyl adjacent to an activating group) is 1. The maximum absolute atomic E-state index is 11.8. The highest BCUT2D eigenvalue weighted by Crippen LogP contribution is 2.10. The number of carbonyl (C=O) groups is 3. The molecule has 2 amide bonds. The molecule has 8 heteroatoms. The third-order valence-electron chi connectivity index (χ3n) is 2.28. The summed E-state index contributed by atoms with van der Waals surface area (Å²) in [5.41, 5.74) is 0. The van der Waals surface area contributed by atoms with Gasteiger partial charge in [-0.3, -0.25) is 9.59 Å². The molecule has 0 aliphatic rings. The second-order valence-corrected chi connectivity index (χ2v) is 4.73. The van der Waals surface area contributed by atoms with E-state index in [9.17, 15) is 14.4 Å². The van der Waals surface area contributed by atoms with Gasteiger partial charge in [0.1, 0.15) is 6.04 Å². The number of hydrogen-bond acceptors (Lipinski definition) is 5. The van der Waals surface area contributed by atoms with Gasteiger partial charge in [0.25, 0.3) is 5.91 Å².